The fourth-order valence-electron chi connectivity index (χ4n) is 2.73. The number of rotatable bonds is 6. The van der Waals surface area contributed by atoms with Crippen molar-refractivity contribution in [1.29, 1.82) is 0 Å². The van der Waals surface area contributed by atoms with E-state index in [1.54, 1.807) is 4.68 Å². The first-order valence-corrected chi connectivity index (χ1v) is 9.46. The molecule has 0 aliphatic carbocycles. The lowest BCUT2D eigenvalue weighted by molar-refractivity contribution is -0.118. The lowest BCUT2D eigenvalue weighted by Gasteiger charge is -2.11. The van der Waals surface area contributed by atoms with Crippen LogP contribution in [0.15, 0.2) is 48.5 Å². The Balaban J connectivity index is 2.07. The number of carbonyl (C=O) groups is 1. The number of hydrogen-bond donors (Lipinski definition) is 1. The minimum Gasteiger partial charge on any atom is -0.460 e. The number of carbonyl (C=O) groups excluding carboxylic acids is 1. The number of anilines is 1. The van der Waals surface area contributed by atoms with Crippen molar-refractivity contribution in [2.24, 2.45) is 5.92 Å². The predicted octanol–water partition coefficient (Wildman–Crippen LogP) is 4.62. The van der Waals surface area contributed by atoms with Crippen LogP contribution in [0.5, 0.6) is 6.01 Å². The molecule has 1 amide bonds. The van der Waals surface area contributed by atoms with Crippen LogP contribution >= 0.6 is 0 Å². The Morgan fingerprint density at radius 2 is 1.82 bits per heavy atom. The summed E-state index contributed by atoms with van der Waals surface area (Å²) in [4.78, 5) is 16.7. The highest BCUT2D eigenvalue weighted by atomic mass is 16.5. The van der Waals surface area contributed by atoms with Crippen molar-refractivity contribution < 1.29 is 9.53 Å². The molecule has 1 aromatic heterocycles. The molecule has 0 fully saturated rings. The normalized spacial score (nSPS) is 11.1. The van der Waals surface area contributed by atoms with Gasteiger partial charge in [-0.1, -0.05) is 44.2 Å². The molecule has 0 bridgehead atoms. The third-order valence-corrected chi connectivity index (χ3v) is 4.20. The van der Waals surface area contributed by atoms with Gasteiger partial charge in [-0.3, -0.25) is 4.79 Å². The third-order valence-electron chi connectivity index (χ3n) is 4.20. The summed E-state index contributed by atoms with van der Waals surface area (Å²) in [5.74, 6) is 0.573. The fraction of sp³-hybridized carbons (Fsp3) is 0.318. The van der Waals surface area contributed by atoms with Crippen LogP contribution in [0.4, 0.5) is 5.69 Å². The molecule has 1 heterocycles. The first kappa shape index (κ1) is 19.6. The van der Waals surface area contributed by atoms with Crippen molar-refractivity contribution in [3.63, 3.8) is 0 Å². The van der Waals surface area contributed by atoms with Gasteiger partial charge in [0, 0.05) is 17.2 Å². The van der Waals surface area contributed by atoms with E-state index >= 15 is 0 Å². The molecular formula is C22H26N4O2. The quantitative estimate of drug-likeness (QED) is 0.679. The molecular weight excluding hydrogens is 352 g/mol. The lowest BCUT2D eigenvalue weighted by Crippen LogP contribution is -2.17. The van der Waals surface area contributed by atoms with Crippen molar-refractivity contribution in [2.75, 3.05) is 5.32 Å². The molecule has 3 aromatic rings. The van der Waals surface area contributed by atoms with E-state index in [4.69, 9.17) is 4.74 Å². The molecule has 1 N–H and O–H groups in total. The first-order valence-electron chi connectivity index (χ1n) is 9.46. The van der Waals surface area contributed by atoms with Gasteiger partial charge < -0.3 is 10.1 Å². The maximum Gasteiger partial charge on any atom is 0.336 e. The zero-order valence-electron chi connectivity index (χ0n) is 16.9. The Labute approximate surface area is 165 Å². The van der Waals surface area contributed by atoms with Crippen molar-refractivity contribution in [1.82, 2.24) is 14.8 Å². The highest BCUT2D eigenvalue weighted by molar-refractivity contribution is 5.92. The van der Waals surface area contributed by atoms with Gasteiger partial charge in [-0.2, -0.15) is 4.98 Å². The Bertz CT molecular complexity index is 976. The second-order valence-corrected chi connectivity index (χ2v) is 7.31. The summed E-state index contributed by atoms with van der Waals surface area (Å²) in [5.41, 5.74) is 3.58. The molecule has 0 aliphatic heterocycles. The highest BCUT2D eigenvalue weighted by Crippen LogP contribution is 2.27. The SMILES string of the molecule is Cc1ccccc1-c1nc(OC(C)C)nn1-c1cccc(NC(=O)C(C)C)c1. The van der Waals surface area contributed by atoms with Crippen molar-refractivity contribution >= 4 is 11.6 Å². The summed E-state index contributed by atoms with van der Waals surface area (Å²) in [6.45, 7) is 9.65. The molecule has 2 aromatic carbocycles. The molecule has 0 saturated heterocycles. The molecule has 0 atom stereocenters. The average Bonchev–Trinajstić information content (AvgIpc) is 3.05. The first-order chi connectivity index (χ1) is 13.3. The van der Waals surface area contributed by atoms with Gasteiger partial charge >= 0.3 is 6.01 Å². The van der Waals surface area contributed by atoms with E-state index in [0.29, 0.717) is 17.5 Å². The van der Waals surface area contributed by atoms with Crippen LogP contribution in [0.3, 0.4) is 0 Å². The summed E-state index contributed by atoms with van der Waals surface area (Å²) in [7, 11) is 0. The number of hydrogen-bond acceptors (Lipinski definition) is 4. The Morgan fingerprint density at radius 3 is 2.50 bits per heavy atom. The minimum atomic E-state index is -0.0939. The molecule has 6 heteroatoms. The van der Waals surface area contributed by atoms with Crippen LogP contribution in [-0.4, -0.2) is 26.8 Å². The van der Waals surface area contributed by atoms with Gasteiger partial charge in [0.15, 0.2) is 5.82 Å². The molecule has 6 nitrogen and oxygen atoms in total. The van der Waals surface area contributed by atoms with E-state index in [-0.39, 0.29) is 17.9 Å². The molecule has 0 saturated carbocycles. The number of aryl methyl sites for hydroxylation is 1. The van der Waals surface area contributed by atoms with E-state index in [9.17, 15) is 4.79 Å². The van der Waals surface area contributed by atoms with Crippen LogP contribution in [0.1, 0.15) is 33.3 Å². The standard InChI is InChI=1S/C22H26N4O2/c1-14(2)21(27)23-17-10-8-11-18(13-17)26-20(19-12-7-6-9-16(19)5)24-22(25-26)28-15(3)4/h6-15H,1-5H3,(H,23,27). The van der Waals surface area contributed by atoms with Crippen molar-refractivity contribution in [3.05, 3.63) is 54.1 Å². The number of benzene rings is 2. The molecule has 0 spiro atoms. The van der Waals surface area contributed by atoms with Gasteiger partial charge in [0.2, 0.25) is 5.91 Å². The summed E-state index contributed by atoms with van der Waals surface area (Å²) >= 11 is 0. The third kappa shape index (κ3) is 4.39. The minimum absolute atomic E-state index is 0.0290. The van der Waals surface area contributed by atoms with E-state index in [1.807, 2.05) is 83.1 Å². The largest absolute Gasteiger partial charge is 0.460 e. The summed E-state index contributed by atoms with van der Waals surface area (Å²) < 4.78 is 7.49. The molecule has 0 unspecified atom stereocenters. The van der Waals surface area contributed by atoms with Crippen LogP contribution < -0.4 is 10.1 Å². The van der Waals surface area contributed by atoms with Crippen LogP contribution in [-0.2, 0) is 4.79 Å². The number of nitrogens with zero attached hydrogens (tertiary/aromatic N) is 3. The number of amides is 1. The number of aromatic nitrogens is 3. The maximum atomic E-state index is 12.1. The lowest BCUT2D eigenvalue weighted by atomic mass is 10.1. The van der Waals surface area contributed by atoms with Crippen LogP contribution in [0, 0.1) is 12.8 Å². The van der Waals surface area contributed by atoms with Crippen molar-refractivity contribution in [2.45, 2.75) is 40.7 Å². The van der Waals surface area contributed by atoms with Gasteiger partial charge in [-0.25, -0.2) is 4.68 Å². The van der Waals surface area contributed by atoms with Crippen LogP contribution in [0.25, 0.3) is 17.1 Å². The monoisotopic (exact) mass is 378 g/mol. The zero-order valence-corrected chi connectivity index (χ0v) is 16.9. The summed E-state index contributed by atoms with van der Waals surface area (Å²) in [5, 5.41) is 7.49. The highest BCUT2D eigenvalue weighted by Gasteiger charge is 2.17. The van der Waals surface area contributed by atoms with Crippen molar-refractivity contribution in [3.8, 4) is 23.1 Å². The molecule has 0 radical (unpaired) electrons. The predicted molar refractivity (Wildman–Crippen MR) is 111 cm³/mol. The Hall–Kier alpha value is -3.15. The molecule has 0 aliphatic rings. The van der Waals surface area contributed by atoms with Gasteiger partial charge in [0.25, 0.3) is 0 Å². The zero-order chi connectivity index (χ0) is 20.3. The van der Waals surface area contributed by atoms with E-state index in [2.05, 4.69) is 15.4 Å². The topological polar surface area (TPSA) is 69.0 Å². The smallest absolute Gasteiger partial charge is 0.336 e. The van der Waals surface area contributed by atoms with E-state index in [0.717, 1.165) is 16.8 Å². The van der Waals surface area contributed by atoms with Crippen LogP contribution in [0.2, 0.25) is 0 Å². The Morgan fingerprint density at radius 1 is 1.07 bits per heavy atom. The fourth-order valence-corrected chi connectivity index (χ4v) is 2.73. The van der Waals surface area contributed by atoms with E-state index < -0.39 is 0 Å². The van der Waals surface area contributed by atoms with E-state index in [1.165, 1.54) is 0 Å². The van der Waals surface area contributed by atoms with Gasteiger partial charge in [-0.15, -0.1) is 5.10 Å². The van der Waals surface area contributed by atoms with Gasteiger partial charge in [-0.05, 0) is 44.5 Å². The molecule has 28 heavy (non-hydrogen) atoms. The Kier molecular flexibility index (Phi) is 5.78. The van der Waals surface area contributed by atoms with Gasteiger partial charge in [0.05, 0.1) is 11.8 Å². The average molecular weight is 378 g/mol. The maximum absolute atomic E-state index is 12.1. The second kappa shape index (κ2) is 8.25. The molecule has 146 valence electrons. The van der Waals surface area contributed by atoms with Gasteiger partial charge in [0.1, 0.15) is 0 Å². The summed E-state index contributed by atoms with van der Waals surface area (Å²) in [6.07, 6.45) is -0.0303. The second-order valence-electron chi connectivity index (χ2n) is 7.31. The number of ether oxygens (including phenoxy) is 1. The number of nitrogens with one attached hydrogen (secondary N) is 1. The molecule has 3 rings (SSSR count). The summed E-state index contributed by atoms with van der Waals surface area (Å²) in [6, 6.07) is 15.9.